The topological polar surface area (TPSA) is 51.1 Å². The highest BCUT2D eigenvalue weighted by Gasteiger charge is 2.14. The van der Waals surface area contributed by atoms with Crippen molar-refractivity contribution >= 4 is 0 Å². The van der Waals surface area contributed by atoms with Gasteiger partial charge < -0.3 is 4.74 Å². The van der Waals surface area contributed by atoms with E-state index >= 15 is 0 Å². The monoisotopic (exact) mass is 548 g/mol. The normalized spacial score (nSPS) is 11.0. The smallest absolute Gasteiger partial charge is 0.118 e. The maximum absolute atomic E-state index is 5.33. The van der Waals surface area contributed by atoms with Crippen molar-refractivity contribution in [2.75, 3.05) is 7.11 Å². The van der Waals surface area contributed by atoms with E-state index in [0.717, 1.165) is 56.6 Å². The zero-order valence-corrected chi connectivity index (χ0v) is 23.6. The molecule has 0 radical (unpaired) electrons. The lowest BCUT2D eigenvalue weighted by atomic mass is 10.1. The summed E-state index contributed by atoms with van der Waals surface area (Å²) in [6.07, 6.45) is 0. The third-order valence-electron chi connectivity index (χ3n) is 7.10. The fraction of sp³-hybridized carbons (Fsp3) is 0.108. The lowest BCUT2D eigenvalue weighted by Crippen LogP contribution is -2.24. The van der Waals surface area contributed by atoms with E-state index in [1.807, 2.05) is 66.7 Å². The van der Waals surface area contributed by atoms with Gasteiger partial charge >= 0.3 is 0 Å². The molecule has 3 aromatic carbocycles. The fourth-order valence-electron chi connectivity index (χ4n) is 5.02. The van der Waals surface area contributed by atoms with Crippen molar-refractivity contribution < 1.29 is 4.74 Å². The van der Waals surface area contributed by atoms with Crippen LogP contribution in [0, 0.1) is 0 Å². The van der Waals surface area contributed by atoms with E-state index in [4.69, 9.17) is 19.7 Å². The first-order valence-electron chi connectivity index (χ1n) is 14.1. The molecule has 5 heteroatoms. The van der Waals surface area contributed by atoms with Crippen molar-refractivity contribution in [2.45, 2.75) is 19.6 Å². The number of benzene rings is 3. The Bertz CT molecular complexity index is 1650. The van der Waals surface area contributed by atoms with Crippen LogP contribution in [0.2, 0.25) is 0 Å². The van der Waals surface area contributed by atoms with Gasteiger partial charge in [-0.2, -0.15) is 0 Å². The molecule has 42 heavy (non-hydrogen) atoms. The number of aromatic nitrogens is 3. The Kier molecular flexibility index (Phi) is 8.39. The Labute approximate surface area is 247 Å². The number of rotatable bonds is 10. The standard InChI is InChI=1S/C37H32N4O/c1-42-34-23-21-30(22-24-34)37-20-10-17-33(40-37)27-41(25-31-15-8-18-35(38-31)28-11-4-2-5-12-28)26-32-16-9-19-36(39-32)29-13-6-3-7-14-29/h2-24H,25-27H2,1H3. The van der Waals surface area contributed by atoms with Gasteiger partial charge in [0.2, 0.25) is 0 Å². The van der Waals surface area contributed by atoms with Gasteiger partial charge in [0.1, 0.15) is 5.75 Å². The Balaban J connectivity index is 1.29. The molecule has 5 nitrogen and oxygen atoms in total. The molecular formula is C37H32N4O. The Morgan fingerprint density at radius 3 is 1.19 bits per heavy atom. The van der Waals surface area contributed by atoms with Crippen molar-refractivity contribution in [1.29, 1.82) is 0 Å². The van der Waals surface area contributed by atoms with Gasteiger partial charge in [-0.3, -0.25) is 19.9 Å². The predicted octanol–water partition coefficient (Wildman–Crippen LogP) is 8.08. The molecule has 206 valence electrons. The van der Waals surface area contributed by atoms with Gasteiger partial charge in [-0.1, -0.05) is 78.9 Å². The van der Waals surface area contributed by atoms with Gasteiger partial charge in [0.05, 0.1) is 41.3 Å². The first-order valence-corrected chi connectivity index (χ1v) is 14.1. The summed E-state index contributed by atoms with van der Waals surface area (Å²) >= 11 is 0. The highest BCUT2D eigenvalue weighted by molar-refractivity contribution is 5.61. The van der Waals surface area contributed by atoms with Crippen LogP contribution in [-0.4, -0.2) is 27.0 Å². The van der Waals surface area contributed by atoms with E-state index in [9.17, 15) is 0 Å². The minimum absolute atomic E-state index is 0.651. The average molecular weight is 549 g/mol. The lowest BCUT2D eigenvalue weighted by Gasteiger charge is -2.22. The molecule has 0 aliphatic rings. The van der Waals surface area contributed by atoms with Crippen LogP contribution in [0.1, 0.15) is 17.1 Å². The summed E-state index contributed by atoms with van der Waals surface area (Å²) in [4.78, 5) is 17.4. The van der Waals surface area contributed by atoms with E-state index in [2.05, 4.69) is 77.7 Å². The van der Waals surface area contributed by atoms with Crippen LogP contribution in [0.4, 0.5) is 0 Å². The van der Waals surface area contributed by atoms with Gasteiger partial charge in [0.15, 0.2) is 0 Å². The molecule has 3 aromatic heterocycles. The first kappa shape index (κ1) is 27.1. The van der Waals surface area contributed by atoms with Crippen molar-refractivity contribution in [3.05, 3.63) is 157 Å². The molecule has 6 aromatic rings. The van der Waals surface area contributed by atoms with Crippen molar-refractivity contribution in [2.24, 2.45) is 0 Å². The molecule has 0 bridgehead atoms. The molecule has 0 N–H and O–H groups in total. The second-order valence-corrected chi connectivity index (χ2v) is 10.1. The van der Waals surface area contributed by atoms with Gasteiger partial charge in [-0.15, -0.1) is 0 Å². The molecule has 0 spiro atoms. The number of nitrogens with zero attached hydrogens (tertiary/aromatic N) is 4. The van der Waals surface area contributed by atoms with Crippen molar-refractivity contribution in [3.8, 4) is 39.5 Å². The van der Waals surface area contributed by atoms with Crippen LogP contribution in [0.3, 0.4) is 0 Å². The van der Waals surface area contributed by atoms with E-state index in [-0.39, 0.29) is 0 Å². The van der Waals surface area contributed by atoms with Gasteiger partial charge in [-0.05, 0) is 60.7 Å². The summed E-state index contributed by atoms with van der Waals surface area (Å²) in [6, 6.07) is 47.3. The molecule has 0 atom stereocenters. The van der Waals surface area contributed by atoms with Crippen LogP contribution in [-0.2, 0) is 19.6 Å². The van der Waals surface area contributed by atoms with Crippen LogP contribution >= 0.6 is 0 Å². The lowest BCUT2D eigenvalue weighted by molar-refractivity contribution is 0.239. The number of methoxy groups -OCH3 is 1. The Morgan fingerprint density at radius 2 is 0.810 bits per heavy atom. The van der Waals surface area contributed by atoms with Crippen LogP contribution in [0.5, 0.6) is 5.75 Å². The van der Waals surface area contributed by atoms with Crippen LogP contribution < -0.4 is 4.74 Å². The van der Waals surface area contributed by atoms with Crippen LogP contribution in [0.15, 0.2) is 140 Å². The van der Waals surface area contributed by atoms with E-state index in [1.54, 1.807) is 7.11 Å². The minimum Gasteiger partial charge on any atom is -0.497 e. The van der Waals surface area contributed by atoms with E-state index in [1.165, 1.54) is 0 Å². The summed E-state index contributed by atoms with van der Waals surface area (Å²) < 4.78 is 5.33. The molecular weight excluding hydrogens is 516 g/mol. The third-order valence-corrected chi connectivity index (χ3v) is 7.10. The fourth-order valence-corrected chi connectivity index (χ4v) is 5.02. The molecule has 0 fully saturated rings. The summed E-state index contributed by atoms with van der Waals surface area (Å²) in [6.45, 7) is 1.97. The largest absolute Gasteiger partial charge is 0.497 e. The molecule has 0 unspecified atom stereocenters. The number of pyridine rings is 3. The van der Waals surface area contributed by atoms with Gasteiger partial charge in [0, 0.05) is 36.3 Å². The van der Waals surface area contributed by atoms with Gasteiger partial charge in [0.25, 0.3) is 0 Å². The van der Waals surface area contributed by atoms with E-state index in [0.29, 0.717) is 19.6 Å². The molecule has 0 saturated carbocycles. The first-order chi connectivity index (χ1) is 20.7. The number of hydrogen-bond acceptors (Lipinski definition) is 5. The second-order valence-electron chi connectivity index (χ2n) is 10.1. The molecule has 0 saturated heterocycles. The van der Waals surface area contributed by atoms with E-state index < -0.39 is 0 Å². The quantitative estimate of drug-likeness (QED) is 0.173. The third kappa shape index (κ3) is 6.77. The highest BCUT2D eigenvalue weighted by atomic mass is 16.5. The zero-order chi connectivity index (χ0) is 28.6. The summed E-state index contributed by atoms with van der Waals surface area (Å²) in [5.41, 5.74) is 9.13. The highest BCUT2D eigenvalue weighted by Crippen LogP contribution is 2.23. The molecule has 0 aliphatic carbocycles. The second kappa shape index (κ2) is 13.0. The van der Waals surface area contributed by atoms with Crippen LogP contribution in [0.25, 0.3) is 33.8 Å². The molecule has 0 aliphatic heterocycles. The maximum atomic E-state index is 5.33. The molecule has 0 amide bonds. The molecule has 6 rings (SSSR count). The predicted molar refractivity (Wildman–Crippen MR) is 169 cm³/mol. The Morgan fingerprint density at radius 1 is 0.429 bits per heavy atom. The average Bonchev–Trinajstić information content (AvgIpc) is 3.06. The summed E-state index contributed by atoms with van der Waals surface area (Å²) in [7, 11) is 1.68. The zero-order valence-electron chi connectivity index (χ0n) is 23.6. The minimum atomic E-state index is 0.651. The number of ether oxygens (including phenoxy) is 1. The SMILES string of the molecule is COc1ccc(-c2cccc(CN(Cc3cccc(-c4ccccc4)n3)Cc3cccc(-c4ccccc4)n3)n2)cc1. The van der Waals surface area contributed by atoms with Crippen molar-refractivity contribution in [1.82, 2.24) is 19.9 Å². The Hall–Kier alpha value is -5.13. The van der Waals surface area contributed by atoms with Gasteiger partial charge in [-0.25, -0.2) is 0 Å². The summed E-state index contributed by atoms with van der Waals surface area (Å²) in [5, 5.41) is 0. The maximum Gasteiger partial charge on any atom is 0.118 e. The summed E-state index contributed by atoms with van der Waals surface area (Å²) in [5.74, 6) is 0.830. The van der Waals surface area contributed by atoms with Crippen molar-refractivity contribution in [3.63, 3.8) is 0 Å². The molecule has 3 heterocycles. The number of hydrogen-bond donors (Lipinski definition) is 0.